The second-order valence-electron chi connectivity index (χ2n) is 6.46. The topological polar surface area (TPSA) is 94.6 Å². The Bertz CT molecular complexity index is 908. The number of carbonyl (C=O) groups excluding carboxylic acids is 3. The Hall–Kier alpha value is -2.45. The van der Waals surface area contributed by atoms with Gasteiger partial charge in [0, 0.05) is 6.20 Å². The zero-order valence-corrected chi connectivity index (χ0v) is 17.7. The molecule has 150 valence electrons. The predicted molar refractivity (Wildman–Crippen MR) is 107 cm³/mol. The van der Waals surface area contributed by atoms with Gasteiger partial charge >= 0.3 is 11.9 Å². The number of nitrogens with zero attached hydrogens (tertiary/aromatic N) is 1. The van der Waals surface area contributed by atoms with Gasteiger partial charge in [-0.05, 0) is 52.3 Å². The minimum Gasteiger partial charge on any atom is -0.459 e. The molecule has 2 aromatic heterocycles. The molecule has 0 radical (unpaired) electrons. The average molecular weight is 425 g/mol. The lowest BCUT2D eigenvalue weighted by Gasteiger charge is -2.10. The van der Waals surface area contributed by atoms with Gasteiger partial charge in [-0.3, -0.25) is 4.79 Å². The van der Waals surface area contributed by atoms with Crippen molar-refractivity contribution in [3.63, 3.8) is 0 Å². The van der Waals surface area contributed by atoms with Crippen molar-refractivity contribution in [1.82, 2.24) is 4.98 Å². The fourth-order valence-corrected chi connectivity index (χ4v) is 3.59. The maximum Gasteiger partial charge on any atom is 0.348 e. The molecule has 7 nitrogen and oxygen atoms in total. The molecule has 0 atom stereocenters. The standard InChI is InChI=1S/C19H21ClN2O5S/c1-9(2)26-18(24)13-11(5)14(19(25)27-10(3)4)28-17(13)22-16(23)12-7-6-8-21-15(12)20/h6-10H,1-5H3,(H,22,23). The summed E-state index contributed by atoms with van der Waals surface area (Å²) in [6, 6.07) is 3.07. The fraction of sp³-hybridized carbons (Fsp3) is 0.368. The molecule has 0 unspecified atom stereocenters. The van der Waals surface area contributed by atoms with Gasteiger partial charge in [0.2, 0.25) is 0 Å². The number of halogens is 1. The molecule has 1 amide bonds. The SMILES string of the molecule is Cc1c(C(=O)OC(C)C)sc(NC(=O)c2cccnc2Cl)c1C(=O)OC(C)C. The van der Waals surface area contributed by atoms with Crippen LogP contribution in [0.2, 0.25) is 5.15 Å². The quantitative estimate of drug-likeness (QED) is 0.542. The van der Waals surface area contributed by atoms with E-state index in [1.165, 1.54) is 12.3 Å². The normalized spacial score (nSPS) is 10.9. The molecule has 1 N–H and O–H groups in total. The molecule has 9 heteroatoms. The summed E-state index contributed by atoms with van der Waals surface area (Å²) in [5.74, 6) is -1.77. The van der Waals surface area contributed by atoms with E-state index in [2.05, 4.69) is 10.3 Å². The van der Waals surface area contributed by atoms with E-state index in [1.807, 2.05) is 0 Å². The molecule has 0 fully saturated rings. The van der Waals surface area contributed by atoms with E-state index in [4.69, 9.17) is 21.1 Å². The van der Waals surface area contributed by atoms with Crippen LogP contribution in [0, 0.1) is 6.92 Å². The van der Waals surface area contributed by atoms with Crippen LogP contribution in [-0.4, -0.2) is 35.0 Å². The number of hydrogen-bond acceptors (Lipinski definition) is 7. The third kappa shape index (κ3) is 5.08. The highest BCUT2D eigenvalue weighted by Crippen LogP contribution is 2.35. The smallest absolute Gasteiger partial charge is 0.348 e. The van der Waals surface area contributed by atoms with E-state index < -0.39 is 17.8 Å². The van der Waals surface area contributed by atoms with Crippen LogP contribution in [0.1, 0.15) is 63.6 Å². The number of anilines is 1. The molecule has 2 heterocycles. The minimum atomic E-state index is -0.639. The van der Waals surface area contributed by atoms with Crippen molar-refractivity contribution in [3.05, 3.63) is 45.1 Å². The van der Waals surface area contributed by atoms with Gasteiger partial charge in [-0.25, -0.2) is 14.6 Å². The number of esters is 2. The van der Waals surface area contributed by atoms with Gasteiger partial charge < -0.3 is 14.8 Å². The fourth-order valence-electron chi connectivity index (χ4n) is 2.31. The first-order valence-electron chi connectivity index (χ1n) is 8.59. The first kappa shape index (κ1) is 21.8. The van der Waals surface area contributed by atoms with Crippen LogP contribution in [0.25, 0.3) is 0 Å². The first-order chi connectivity index (χ1) is 13.1. The molecule has 0 aliphatic rings. The molecule has 0 spiro atoms. The van der Waals surface area contributed by atoms with E-state index in [-0.39, 0.29) is 38.4 Å². The third-order valence-electron chi connectivity index (χ3n) is 3.45. The second-order valence-corrected chi connectivity index (χ2v) is 7.84. The Morgan fingerprint density at radius 3 is 2.29 bits per heavy atom. The maximum absolute atomic E-state index is 12.6. The predicted octanol–water partition coefficient (Wildman–Crippen LogP) is 4.49. The second kappa shape index (κ2) is 9.16. The number of nitrogens with one attached hydrogen (secondary N) is 1. The Morgan fingerprint density at radius 1 is 1.11 bits per heavy atom. The molecule has 0 bridgehead atoms. The van der Waals surface area contributed by atoms with Gasteiger partial charge in [0.1, 0.15) is 15.0 Å². The summed E-state index contributed by atoms with van der Waals surface area (Å²) >= 11 is 6.92. The highest BCUT2D eigenvalue weighted by Gasteiger charge is 2.28. The van der Waals surface area contributed by atoms with Crippen molar-refractivity contribution >= 4 is 45.8 Å². The van der Waals surface area contributed by atoms with E-state index in [0.717, 1.165) is 11.3 Å². The van der Waals surface area contributed by atoms with Crippen molar-refractivity contribution < 1.29 is 23.9 Å². The van der Waals surface area contributed by atoms with E-state index in [0.29, 0.717) is 5.56 Å². The summed E-state index contributed by atoms with van der Waals surface area (Å²) in [6.45, 7) is 8.48. The van der Waals surface area contributed by atoms with Gasteiger partial charge in [0.25, 0.3) is 5.91 Å². The van der Waals surface area contributed by atoms with Crippen molar-refractivity contribution in [2.75, 3.05) is 5.32 Å². The molecule has 0 saturated carbocycles. The zero-order valence-electron chi connectivity index (χ0n) is 16.2. The molecule has 2 rings (SSSR count). The number of aromatic nitrogens is 1. The Labute approximate surface area is 172 Å². The van der Waals surface area contributed by atoms with Gasteiger partial charge in [0.15, 0.2) is 0 Å². The molecule has 0 aromatic carbocycles. The van der Waals surface area contributed by atoms with Crippen molar-refractivity contribution in [2.45, 2.75) is 46.8 Å². The number of carbonyl (C=O) groups is 3. The van der Waals surface area contributed by atoms with Crippen LogP contribution in [0.4, 0.5) is 5.00 Å². The lowest BCUT2D eigenvalue weighted by molar-refractivity contribution is 0.0378. The third-order valence-corrected chi connectivity index (χ3v) is 4.94. The monoisotopic (exact) mass is 424 g/mol. The van der Waals surface area contributed by atoms with E-state index in [9.17, 15) is 14.4 Å². The molecular formula is C19H21ClN2O5S. The lowest BCUT2D eigenvalue weighted by Crippen LogP contribution is -2.17. The summed E-state index contributed by atoms with van der Waals surface area (Å²) < 4.78 is 10.5. The average Bonchev–Trinajstić information content (AvgIpc) is 2.90. The van der Waals surface area contributed by atoms with Crippen molar-refractivity contribution in [3.8, 4) is 0 Å². The number of ether oxygens (including phenoxy) is 2. The summed E-state index contributed by atoms with van der Waals surface area (Å²) in [5, 5.41) is 2.85. The summed E-state index contributed by atoms with van der Waals surface area (Å²) in [4.78, 5) is 41.7. The molecule has 0 aliphatic heterocycles. The highest BCUT2D eigenvalue weighted by molar-refractivity contribution is 7.18. The molecule has 2 aromatic rings. The maximum atomic E-state index is 12.6. The van der Waals surface area contributed by atoms with Crippen LogP contribution in [0.3, 0.4) is 0 Å². The molecular weight excluding hydrogens is 404 g/mol. The van der Waals surface area contributed by atoms with Crippen LogP contribution in [0.5, 0.6) is 0 Å². The van der Waals surface area contributed by atoms with E-state index >= 15 is 0 Å². The van der Waals surface area contributed by atoms with Gasteiger partial charge in [-0.1, -0.05) is 11.6 Å². The van der Waals surface area contributed by atoms with Crippen molar-refractivity contribution in [2.24, 2.45) is 0 Å². The number of pyridine rings is 1. The zero-order chi connectivity index (χ0) is 21.0. The van der Waals surface area contributed by atoms with Crippen LogP contribution < -0.4 is 5.32 Å². The number of thiophene rings is 1. The van der Waals surface area contributed by atoms with Gasteiger partial charge in [-0.15, -0.1) is 11.3 Å². The lowest BCUT2D eigenvalue weighted by atomic mass is 10.1. The van der Waals surface area contributed by atoms with Gasteiger partial charge in [0.05, 0.1) is 23.3 Å². The summed E-state index contributed by atoms with van der Waals surface area (Å²) in [6.07, 6.45) is 0.765. The van der Waals surface area contributed by atoms with Crippen LogP contribution >= 0.6 is 22.9 Å². The van der Waals surface area contributed by atoms with Crippen LogP contribution in [0.15, 0.2) is 18.3 Å². The molecule has 0 saturated heterocycles. The summed E-state index contributed by atoms with van der Waals surface area (Å²) in [5.41, 5.74) is 0.640. The minimum absolute atomic E-state index is 0.0269. The number of amides is 1. The van der Waals surface area contributed by atoms with Gasteiger partial charge in [-0.2, -0.15) is 0 Å². The highest BCUT2D eigenvalue weighted by atomic mass is 35.5. The van der Waals surface area contributed by atoms with Crippen LogP contribution in [-0.2, 0) is 9.47 Å². The molecule has 28 heavy (non-hydrogen) atoms. The Balaban J connectivity index is 2.46. The Morgan fingerprint density at radius 2 is 1.71 bits per heavy atom. The number of hydrogen-bond donors (Lipinski definition) is 1. The Kier molecular flexibility index (Phi) is 7.15. The largest absolute Gasteiger partial charge is 0.459 e. The summed E-state index contributed by atoms with van der Waals surface area (Å²) in [7, 11) is 0. The van der Waals surface area contributed by atoms with E-state index in [1.54, 1.807) is 40.7 Å². The van der Waals surface area contributed by atoms with Crippen molar-refractivity contribution in [1.29, 1.82) is 0 Å². The first-order valence-corrected chi connectivity index (χ1v) is 9.78. The number of rotatable bonds is 6. The molecule has 0 aliphatic carbocycles.